The molecule has 0 saturated carbocycles. The lowest BCUT2D eigenvalue weighted by atomic mass is 10.0. The van der Waals surface area contributed by atoms with Gasteiger partial charge in [0.2, 0.25) is 0 Å². The van der Waals surface area contributed by atoms with Gasteiger partial charge in [-0.3, -0.25) is 4.79 Å². The first-order valence-electron chi connectivity index (χ1n) is 12.8. The maximum absolute atomic E-state index is 13.4. The van der Waals surface area contributed by atoms with Crippen molar-refractivity contribution in [2.75, 3.05) is 6.61 Å². The van der Waals surface area contributed by atoms with Crippen molar-refractivity contribution in [3.05, 3.63) is 101 Å². The highest BCUT2D eigenvalue weighted by atomic mass is 17.0. The number of hydrogen-bond acceptors (Lipinski definition) is 5. The number of ether oxygens (including phenoxy) is 1. The lowest BCUT2D eigenvalue weighted by Gasteiger charge is -2.24. The molecule has 196 valence electrons. The van der Waals surface area contributed by atoms with Gasteiger partial charge in [0.1, 0.15) is 11.9 Å². The van der Waals surface area contributed by atoms with E-state index in [0.29, 0.717) is 24.5 Å². The molecule has 1 amide bonds. The molecule has 0 N–H and O–H groups in total. The van der Waals surface area contributed by atoms with Crippen molar-refractivity contribution >= 4 is 11.9 Å². The summed E-state index contributed by atoms with van der Waals surface area (Å²) < 4.78 is 5.64. The molecular weight excluding hydrogens is 466 g/mol. The summed E-state index contributed by atoms with van der Waals surface area (Å²) in [5.41, 5.74) is 4.29. The Labute approximate surface area is 220 Å². The van der Waals surface area contributed by atoms with Crippen LogP contribution in [0.3, 0.4) is 0 Å². The molecule has 0 saturated heterocycles. The molecular formula is C31H37NO5. The Bertz CT molecular complexity index is 1160. The van der Waals surface area contributed by atoms with E-state index < -0.39 is 18.0 Å². The average molecular weight is 504 g/mol. The van der Waals surface area contributed by atoms with E-state index in [-0.39, 0.29) is 6.42 Å². The highest BCUT2D eigenvalue weighted by molar-refractivity contribution is 5.95. The van der Waals surface area contributed by atoms with E-state index in [9.17, 15) is 9.59 Å². The van der Waals surface area contributed by atoms with E-state index in [4.69, 9.17) is 14.4 Å². The molecule has 1 unspecified atom stereocenters. The SMILES string of the molecule is Cc1cccc(C(=O)N(OC(=O)CCCOc2ccccc2)OC(C)c2ccc(CC(C)C)cc2)c1C. The Kier molecular flexibility index (Phi) is 10.3. The molecule has 0 aromatic heterocycles. The van der Waals surface area contributed by atoms with Crippen molar-refractivity contribution < 1.29 is 24.0 Å². The number of carbonyl (C=O) groups is 2. The van der Waals surface area contributed by atoms with Crippen LogP contribution in [0.2, 0.25) is 0 Å². The van der Waals surface area contributed by atoms with Crippen LogP contribution in [0.1, 0.15) is 72.3 Å². The second kappa shape index (κ2) is 13.6. The largest absolute Gasteiger partial charge is 0.494 e. The summed E-state index contributed by atoms with van der Waals surface area (Å²) in [4.78, 5) is 37.4. The second-order valence-corrected chi connectivity index (χ2v) is 9.63. The first kappa shape index (κ1) is 27.9. The number of hydroxylamine groups is 2. The predicted molar refractivity (Wildman–Crippen MR) is 144 cm³/mol. The standard InChI is InChI=1S/C31H37NO5/c1-22(2)21-26-16-18-27(19-17-26)25(5)36-32(31(34)29-14-9-11-23(3)24(29)4)37-30(33)15-10-20-35-28-12-7-6-8-13-28/h6-9,11-14,16-19,22,25H,10,15,20-21H2,1-5H3. The smallest absolute Gasteiger partial charge is 0.335 e. The fraction of sp³-hybridized carbons (Fsp3) is 0.355. The first-order chi connectivity index (χ1) is 17.7. The summed E-state index contributed by atoms with van der Waals surface area (Å²) in [5, 5.41) is 0.731. The summed E-state index contributed by atoms with van der Waals surface area (Å²) in [7, 11) is 0. The normalized spacial score (nSPS) is 11.7. The third-order valence-corrected chi connectivity index (χ3v) is 6.07. The van der Waals surface area contributed by atoms with Gasteiger partial charge in [-0.1, -0.05) is 68.4 Å². The molecule has 1 atom stereocenters. The zero-order chi connectivity index (χ0) is 26.8. The molecule has 3 aromatic carbocycles. The van der Waals surface area contributed by atoms with Crippen LogP contribution >= 0.6 is 0 Å². The lowest BCUT2D eigenvalue weighted by molar-refractivity contribution is -0.326. The third kappa shape index (κ3) is 8.46. The molecule has 3 aromatic rings. The van der Waals surface area contributed by atoms with Gasteiger partial charge in [-0.05, 0) is 85.2 Å². The van der Waals surface area contributed by atoms with Gasteiger partial charge < -0.3 is 9.57 Å². The Balaban J connectivity index is 1.68. The molecule has 0 aliphatic heterocycles. The second-order valence-electron chi connectivity index (χ2n) is 9.63. The minimum absolute atomic E-state index is 0.0745. The Morgan fingerprint density at radius 1 is 0.865 bits per heavy atom. The Morgan fingerprint density at radius 3 is 2.24 bits per heavy atom. The van der Waals surface area contributed by atoms with Crippen LogP contribution in [0.4, 0.5) is 0 Å². The number of rotatable bonds is 11. The Morgan fingerprint density at radius 2 is 1.57 bits per heavy atom. The molecule has 0 aliphatic rings. The lowest BCUT2D eigenvalue weighted by Crippen LogP contribution is -2.35. The number of amides is 1. The van der Waals surface area contributed by atoms with Crippen molar-refractivity contribution in [3.63, 3.8) is 0 Å². The third-order valence-electron chi connectivity index (χ3n) is 6.07. The van der Waals surface area contributed by atoms with Crippen LogP contribution in [0, 0.1) is 19.8 Å². The summed E-state index contributed by atoms with van der Waals surface area (Å²) in [6.07, 6.45) is 0.978. The number of carbonyl (C=O) groups excluding carboxylic acids is 2. The van der Waals surface area contributed by atoms with Gasteiger partial charge in [-0.2, -0.15) is 0 Å². The maximum atomic E-state index is 13.4. The number of hydrogen-bond donors (Lipinski definition) is 0. The van der Waals surface area contributed by atoms with Crippen LogP contribution in [0.15, 0.2) is 72.8 Å². The number of benzene rings is 3. The van der Waals surface area contributed by atoms with Crippen LogP contribution in [0.5, 0.6) is 5.75 Å². The molecule has 0 bridgehead atoms. The zero-order valence-electron chi connectivity index (χ0n) is 22.4. The summed E-state index contributed by atoms with van der Waals surface area (Å²) in [5.74, 6) is 0.190. The van der Waals surface area contributed by atoms with E-state index in [2.05, 4.69) is 26.0 Å². The topological polar surface area (TPSA) is 65.1 Å². The highest BCUT2D eigenvalue weighted by Crippen LogP contribution is 2.23. The van der Waals surface area contributed by atoms with Gasteiger partial charge >= 0.3 is 11.9 Å². The monoisotopic (exact) mass is 503 g/mol. The molecule has 6 heteroatoms. The fourth-order valence-corrected chi connectivity index (χ4v) is 3.85. The molecule has 0 aliphatic carbocycles. The predicted octanol–water partition coefficient (Wildman–Crippen LogP) is 6.95. The van der Waals surface area contributed by atoms with Gasteiger partial charge in [0.25, 0.3) is 0 Å². The van der Waals surface area contributed by atoms with E-state index in [1.807, 2.05) is 69.3 Å². The Hall–Kier alpha value is -3.64. The van der Waals surface area contributed by atoms with Gasteiger partial charge in [-0.15, -0.1) is 0 Å². The number of aryl methyl sites for hydroxylation is 1. The molecule has 0 radical (unpaired) electrons. The van der Waals surface area contributed by atoms with Gasteiger partial charge in [0, 0.05) is 5.56 Å². The van der Waals surface area contributed by atoms with Crippen molar-refractivity contribution in [1.82, 2.24) is 5.23 Å². The quantitative estimate of drug-likeness (QED) is 0.209. The van der Waals surface area contributed by atoms with E-state index in [1.165, 1.54) is 5.56 Å². The zero-order valence-corrected chi connectivity index (χ0v) is 22.4. The summed E-state index contributed by atoms with van der Waals surface area (Å²) >= 11 is 0. The minimum atomic E-state index is -0.574. The maximum Gasteiger partial charge on any atom is 0.335 e. The summed E-state index contributed by atoms with van der Waals surface area (Å²) in [6.45, 7) is 10.3. The van der Waals surface area contributed by atoms with Crippen LogP contribution in [0.25, 0.3) is 0 Å². The van der Waals surface area contributed by atoms with Gasteiger partial charge in [-0.25, -0.2) is 9.63 Å². The average Bonchev–Trinajstić information content (AvgIpc) is 2.88. The van der Waals surface area contributed by atoms with Crippen molar-refractivity contribution in [2.45, 2.75) is 60.0 Å². The van der Waals surface area contributed by atoms with Gasteiger partial charge in [0.15, 0.2) is 0 Å². The molecule has 6 nitrogen and oxygen atoms in total. The minimum Gasteiger partial charge on any atom is -0.494 e. The first-order valence-corrected chi connectivity index (χ1v) is 12.8. The van der Waals surface area contributed by atoms with Crippen LogP contribution < -0.4 is 4.74 Å². The van der Waals surface area contributed by atoms with Crippen LogP contribution in [-0.4, -0.2) is 23.7 Å². The van der Waals surface area contributed by atoms with E-state index >= 15 is 0 Å². The molecule has 0 fully saturated rings. The molecule has 3 rings (SSSR count). The van der Waals surface area contributed by atoms with Crippen molar-refractivity contribution in [3.8, 4) is 5.75 Å². The van der Waals surface area contributed by atoms with Crippen molar-refractivity contribution in [2.24, 2.45) is 5.92 Å². The summed E-state index contributed by atoms with van der Waals surface area (Å²) in [6, 6.07) is 22.9. The van der Waals surface area contributed by atoms with E-state index in [1.54, 1.807) is 12.1 Å². The van der Waals surface area contributed by atoms with E-state index in [0.717, 1.165) is 34.1 Å². The highest BCUT2D eigenvalue weighted by Gasteiger charge is 2.26. The van der Waals surface area contributed by atoms with Crippen molar-refractivity contribution in [1.29, 1.82) is 0 Å². The fourth-order valence-electron chi connectivity index (χ4n) is 3.85. The number of para-hydroxylation sites is 1. The van der Waals surface area contributed by atoms with Gasteiger partial charge in [0.05, 0.1) is 13.0 Å². The van der Waals surface area contributed by atoms with Crippen LogP contribution in [-0.2, 0) is 20.9 Å². The molecule has 0 heterocycles. The molecule has 0 spiro atoms. The molecule has 37 heavy (non-hydrogen) atoms. The number of nitrogens with zero attached hydrogens (tertiary/aromatic N) is 1.